The summed E-state index contributed by atoms with van der Waals surface area (Å²) >= 11 is 1.58. The molecule has 0 unspecified atom stereocenters. The molecule has 0 atom stereocenters. The summed E-state index contributed by atoms with van der Waals surface area (Å²) in [6, 6.07) is 20.0. The van der Waals surface area contributed by atoms with Gasteiger partial charge >= 0.3 is 5.97 Å². The van der Waals surface area contributed by atoms with Crippen molar-refractivity contribution < 1.29 is 18.7 Å². The standard InChI is InChI=1S/C24H20N2O4S/c1-15-10-11-22(30-15)21-13-19(18-8-3-4-9-20(18)26-21)24(28)29-14-23(27)25-16-6-5-7-17(12-16)31-2/h3-13H,14H2,1-2H3,(H,25,27). The number of nitrogens with zero attached hydrogens (tertiary/aromatic N) is 1. The van der Waals surface area contributed by atoms with Crippen LogP contribution < -0.4 is 5.32 Å². The molecule has 7 heteroatoms. The number of thioether (sulfide) groups is 1. The molecule has 0 aliphatic carbocycles. The van der Waals surface area contributed by atoms with Crippen molar-refractivity contribution in [2.75, 3.05) is 18.2 Å². The molecular formula is C24H20N2O4S. The second-order valence-corrected chi connectivity index (χ2v) is 7.72. The molecule has 0 saturated carbocycles. The van der Waals surface area contributed by atoms with Crippen molar-refractivity contribution in [3.8, 4) is 11.5 Å². The van der Waals surface area contributed by atoms with E-state index in [2.05, 4.69) is 10.3 Å². The molecule has 31 heavy (non-hydrogen) atoms. The number of carbonyl (C=O) groups is 2. The predicted octanol–water partition coefficient (Wildman–Crippen LogP) is 5.32. The Kier molecular flexibility index (Phi) is 6.04. The highest BCUT2D eigenvalue weighted by molar-refractivity contribution is 7.98. The normalized spacial score (nSPS) is 10.8. The van der Waals surface area contributed by atoms with Crippen molar-refractivity contribution in [3.63, 3.8) is 0 Å². The van der Waals surface area contributed by atoms with Gasteiger partial charge in [-0.3, -0.25) is 4.79 Å². The predicted molar refractivity (Wildman–Crippen MR) is 121 cm³/mol. The summed E-state index contributed by atoms with van der Waals surface area (Å²) in [5.41, 5.74) is 2.14. The van der Waals surface area contributed by atoms with E-state index in [-0.39, 0.29) is 0 Å². The number of furan rings is 1. The summed E-state index contributed by atoms with van der Waals surface area (Å²) in [6.45, 7) is 1.45. The monoisotopic (exact) mass is 432 g/mol. The average Bonchev–Trinajstić information content (AvgIpc) is 3.23. The highest BCUT2D eigenvalue weighted by Gasteiger charge is 2.17. The summed E-state index contributed by atoms with van der Waals surface area (Å²) in [5, 5.41) is 3.39. The number of aryl methyl sites for hydroxylation is 1. The molecule has 0 bridgehead atoms. The number of anilines is 1. The third kappa shape index (κ3) is 4.78. The minimum Gasteiger partial charge on any atom is -0.460 e. The van der Waals surface area contributed by atoms with Crippen LogP contribution in [0.2, 0.25) is 0 Å². The average molecular weight is 433 g/mol. The second-order valence-electron chi connectivity index (χ2n) is 6.84. The van der Waals surface area contributed by atoms with Crippen LogP contribution in [-0.2, 0) is 9.53 Å². The number of ether oxygens (including phenoxy) is 1. The van der Waals surface area contributed by atoms with Gasteiger partial charge in [0.25, 0.3) is 5.91 Å². The van der Waals surface area contributed by atoms with Crippen LogP contribution in [0.15, 0.2) is 76.0 Å². The lowest BCUT2D eigenvalue weighted by Gasteiger charge is -2.10. The van der Waals surface area contributed by atoms with Gasteiger partial charge in [0.2, 0.25) is 0 Å². The van der Waals surface area contributed by atoms with Crippen molar-refractivity contribution in [3.05, 3.63) is 78.1 Å². The molecule has 2 aromatic carbocycles. The summed E-state index contributed by atoms with van der Waals surface area (Å²) in [5.74, 6) is 0.294. The van der Waals surface area contributed by atoms with E-state index in [0.29, 0.717) is 33.6 Å². The van der Waals surface area contributed by atoms with Crippen LogP contribution >= 0.6 is 11.8 Å². The zero-order valence-corrected chi connectivity index (χ0v) is 17.9. The molecule has 6 nitrogen and oxygen atoms in total. The van der Waals surface area contributed by atoms with E-state index < -0.39 is 18.5 Å². The first-order valence-electron chi connectivity index (χ1n) is 9.61. The Hall–Kier alpha value is -3.58. The maximum Gasteiger partial charge on any atom is 0.339 e. The van der Waals surface area contributed by atoms with Crippen molar-refractivity contribution in [2.24, 2.45) is 0 Å². The molecule has 0 aliphatic heterocycles. The summed E-state index contributed by atoms with van der Waals surface area (Å²) in [4.78, 5) is 30.7. The zero-order valence-electron chi connectivity index (χ0n) is 17.0. The molecule has 1 amide bonds. The third-order valence-electron chi connectivity index (χ3n) is 4.62. The topological polar surface area (TPSA) is 81.4 Å². The Morgan fingerprint density at radius 2 is 1.90 bits per heavy atom. The van der Waals surface area contributed by atoms with Crippen LogP contribution in [0.5, 0.6) is 0 Å². The molecule has 156 valence electrons. The molecule has 0 radical (unpaired) electrons. The quantitative estimate of drug-likeness (QED) is 0.328. The second kappa shape index (κ2) is 9.06. The van der Waals surface area contributed by atoms with Gasteiger partial charge in [0.1, 0.15) is 11.5 Å². The lowest BCUT2D eigenvalue weighted by atomic mass is 10.1. The van der Waals surface area contributed by atoms with Crippen LogP contribution in [0, 0.1) is 6.92 Å². The van der Waals surface area contributed by atoms with Gasteiger partial charge in [-0.1, -0.05) is 24.3 Å². The van der Waals surface area contributed by atoms with Crippen LogP contribution in [0.4, 0.5) is 5.69 Å². The van der Waals surface area contributed by atoms with Gasteiger partial charge in [0.15, 0.2) is 12.4 Å². The number of carbonyl (C=O) groups excluding carboxylic acids is 2. The lowest BCUT2D eigenvalue weighted by molar-refractivity contribution is -0.119. The lowest BCUT2D eigenvalue weighted by Crippen LogP contribution is -2.21. The Morgan fingerprint density at radius 3 is 2.68 bits per heavy atom. The minimum absolute atomic E-state index is 0.326. The van der Waals surface area contributed by atoms with Gasteiger partial charge in [-0.15, -0.1) is 11.8 Å². The van der Waals surface area contributed by atoms with E-state index in [4.69, 9.17) is 9.15 Å². The molecule has 2 aromatic heterocycles. The number of hydrogen-bond acceptors (Lipinski definition) is 6. The molecule has 0 aliphatic rings. The molecule has 1 N–H and O–H groups in total. The molecule has 0 saturated heterocycles. The number of nitrogens with one attached hydrogen (secondary N) is 1. The molecule has 4 aromatic rings. The van der Waals surface area contributed by atoms with E-state index in [1.165, 1.54) is 0 Å². The van der Waals surface area contributed by atoms with Crippen molar-refractivity contribution in [1.29, 1.82) is 0 Å². The third-order valence-corrected chi connectivity index (χ3v) is 5.34. The SMILES string of the molecule is CSc1cccc(NC(=O)COC(=O)c2cc(-c3ccc(C)o3)nc3ccccc23)c1. The molecule has 0 fully saturated rings. The van der Waals surface area contributed by atoms with Crippen molar-refractivity contribution in [2.45, 2.75) is 11.8 Å². The number of benzene rings is 2. The van der Waals surface area contributed by atoms with Gasteiger partial charge in [0, 0.05) is 16.0 Å². The first-order chi connectivity index (χ1) is 15.0. The smallest absolute Gasteiger partial charge is 0.339 e. The number of amides is 1. The number of hydrogen-bond donors (Lipinski definition) is 1. The Morgan fingerprint density at radius 1 is 1.06 bits per heavy atom. The van der Waals surface area contributed by atoms with Gasteiger partial charge in [-0.05, 0) is 55.6 Å². The van der Waals surface area contributed by atoms with E-state index >= 15 is 0 Å². The molecular weight excluding hydrogens is 412 g/mol. The number of para-hydroxylation sites is 1. The fourth-order valence-electron chi connectivity index (χ4n) is 3.15. The van der Waals surface area contributed by atoms with E-state index in [1.54, 1.807) is 36.0 Å². The number of pyridine rings is 1. The maximum atomic E-state index is 12.8. The molecule has 0 spiro atoms. The largest absolute Gasteiger partial charge is 0.460 e. The van der Waals surface area contributed by atoms with Crippen molar-refractivity contribution >= 4 is 40.2 Å². The fourth-order valence-corrected chi connectivity index (χ4v) is 3.61. The zero-order chi connectivity index (χ0) is 21.8. The maximum absolute atomic E-state index is 12.8. The Balaban J connectivity index is 1.53. The van der Waals surface area contributed by atoms with Gasteiger partial charge in [0.05, 0.1) is 11.1 Å². The highest BCUT2D eigenvalue weighted by Crippen LogP contribution is 2.27. The fraction of sp³-hybridized carbons (Fsp3) is 0.125. The number of rotatable bonds is 6. The van der Waals surface area contributed by atoms with E-state index in [1.807, 2.05) is 55.6 Å². The number of aromatic nitrogens is 1. The Labute approximate surface area is 183 Å². The van der Waals surface area contributed by atoms with E-state index in [9.17, 15) is 9.59 Å². The van der Waals surface area contributed by atoms with Crippen LogP contribution in [0.3, 0.4) is 0 Å². The van der Waals surface area contributed by atoms with Gasteiger partial charge in [-0.2, -0.15) is 0 Å². The molecule has 2 heterocycles. The first-order valence-corrected chi connectivity index (χ1v) is 10.8. The highest BCUT2D eigenvalue weighted by atomic mass is 32.2. The van der Waals surface area contributed by atoms with Gasteiger partial charge in [-0.25, -0.2) is 9.78 Å². The van der Waals surface area contributed by atoms with E-state index in [0.717, 1.165) is 10.7 Å². The van der Waals surface area contributed by atoms with Crippen LogP contribution in [0.1, 0.15) is 16.1 Å². The van der Waals surface area contributed by atoms with Crippen LogP contribution in [0.25, 0.3) is 22.4 Å². The molecule has 4 rings (SSSR count). The van der Waals surface area contributed by atoms with Crippen LogP contribution in [-0.4, -0.2) is 29.7 Å². The summed E-state index contributed by atoms with van der Waals surface area (Å²) < 4.78 is 11.0. The first kappa shape index (κ1) is 20.7. The minimum atomic E-state index is -0.601. The number of esters is 1. The number of fused-ring (bicyclic) bond motifs is 1. The van der Waals surface area contributed by atoms with Gasteiger partial charge < -0.3 is 14.5 Å². The summed E-state index contributed by atoms with van der Waals surface area (Å²) in [7, 11) is 0. The Bertz CT molecular complexity index is 1270. The van der Waals surface area contributed by atoms with Crippen molar-refractivity contribution in [1.82, 2.24) is 4.98 Å². The summed E-state index contributed by atoms with van der Waals surface area (Å²) in [6.07, 6.45) is 1.96.